The number of nitrogens with one attached hydrogen (secondary N) is 1. The van der Waals surface area contributed by atoms with Crippen LogP contribution in [0.15, 0.2) is 36.5 Å². The Morgan fingerprint density at radius 2 is 1.97 bits per heavy atom. The van der Waals surface area contributed by atoms with Gasteiger partial charge in [0.15, 0.2) is 5.69 Å². The predicted octanol–water partition coefficient (Wildman–Crippen LogP) is 3.56. The molecule has 3 rings (SSSR count). The molecular formula is C27H37N5O4. The zero-order valence-electron chi connectivity index (χ0n) is 21.6. The van der Waals surface area contributed by atoms with Crippen LogP contribution in [0.5, 0.6) is 0 Å². The summed E-state index contributed by atoms with van der Waals surface area (Å²) in [6.45, 7) is 9.85. The van der Waals surface area contributed by atoms with Gasteiger partial charge in [-0.3, -0.25) is 4.79 Å². The Hall–Kier alpha value is -3.38. The van der Waals surface area contributed by atoms with Crippen LogP contribution >= 0.6 is 0 Å². The minimum atomic E-state index is -0.520. The Morgan fingerprint density at radius 1 is 1.22 bits per heavy atom. The van der Waals surface area contributed by atoms with E-state index in [9.17, 15) is 9.59 Å². The molecule has 1 aliphatic rings. The van der Waals surface area contributed by atoms with Gasteiger partial charge < -0.3 is 19.7 Å². The van der Waals surface area contributed by atoms with Crippen LogP contribution in [-0.2, 0) is 20.9 Å². The van der Waals surface area contributed by atoms with Crippen LogP contribution < -0.4 is 5.32 Å². The number of carbonyl (C=O) groups is 2. The molecule has 1 aliphatic heterocycles. The first kappa shape index (κ1) is 27.2. The largest absolute Gasteiger partial charge is 0.445 e. The Labute approximate surface area is 213 Å². The summed E-state index contributed by atoms with van der Waals surface area (Å²) in [5, 5.41) is 10.9. The van der Waals surface area contributed by atoms with Gasteiger partial charge in [-0.05, 0) is 51.5 Å². The molecule has 0 aliphatic carbocycles. The van der Waals surface area contributed by atoms with Gasteiger partial charge in [0, 0.05) is 13.1 Å². The van der Waals surface area contributed by atoms with Crippen LogP contribution in [-0.4, -0.2) is 63.7 Å². The SMILES string of the molecule is CCN(CC)C(=O)[C@H](C)[C@H]1CC[C@@H](C[C@@H](C)n2cc(C#CCNC(=O)OCc3ccccc3)nn2)O1. The Morgan fingerprint density at radius 3 is 2.69 bits per heavy atom. The zero-order chi connectivity index (χ0) is 25.9. The summed E-state index contributed by atoms with van der Waals surface area (Å²) < 4.78 is 13.2. The van der Waals surface area contributed by atoms with Gasteiger partial charge in [-0.2, -0.15) is 0 Å². The molecule has 2 aromatic rings. The summed E-state index contributed by atoms with van der Waals surface area (Å²) in [5.74, 6) is 5.80. The zero-order valence-corrected chi connectivity index (χ0v) is 21.6. The van der Waals surface area contributed by atoms with Crippen molar-refractivity contribution < 1.29 is 19.1 Å². The monoisotopic (exact) mass is 495 g/mol. The van der Waals surface area contributed by atoms with E-state index in [4.69, 9.17) is 9.47 Å². The molecule has 194 valence electrons. The molecule has 1 saturated heterocycles. The van der Waals surface area contributed by atoms with Crippen molar-refractivity contribution in [1.82, 2.24) is 25.2 Å². The lowest BCUT2D eigenvalue weighted by molar-refractivity contribution is -0.139. The fourth-order valence-corrected chi connectivity index (χ4v) is 4.32. The van der Waals surface area contributed by atoms with E-state index >= 15 is 0 Å². The van der Waals surface area contributed by atoms with Gasteiger partial charge in [-0.1, -0.05) is 48.4 Å². The maximum absolute atomic E-state index is 12.7. The highest BCUT2D eigenvalue weighted by Crippen LogP contribution is 2.31. The van der Waals surface area contributed by atoms with Crippen molar-refractivity contribution >= 4 is 12.0 Å². The lowest BCUT2D eigenvalue weighted by Gasteiger charge is -2.26. The van der Waals surface area contributed by atoms with E-state index in [0.29, 0.717) is 5.69 Å². The first-order valence-corrected chi connectivity index (χ1v) is 12.7. The van der Waals surface area contributed by atoms with Crippen molar-refractivity contribution in [3.63, 3.8) is 0 Å². The lowest BCUT2D eigenvalue weighted by Crippen LogP contribution is -2.39. The summed E-state index contributed by atoms with van der Waals surface area (Å²) in [5.41, 5.74) is 1.45. The van der Waals surface area contributed by atoms with Crippen molar-refractivity contribution in [3.05, 3.63) is 47.8 Å². The van der Waals surface area contributed by atoms with E-state index < -0.39 is 6.09 Å². The van der Waals surface area contributed by atoms with E-state index in [1.54, 1.807) is 10.9 Å². The molecule has 1 aromatic heterocycles. The first-order chi connectivity index (χ1) is 17.4. The molecule has 0 saturated carbocycles. The summed E-state index contributed by atoms with van der Waals surface area (Å²) in [6.07, 6.45) is 3.92. The maximum Gasteiger partial charge on any atom is 0.408 e. The fourth-order valence-electron chi connectivity index (χ4n) is 4.32. The second kappa shape index (κ2) is 13.6. The molecule has 0 spiro atoms. The fraction of sp³-hybridized carbons (Fsp3) is 0.556. The van der Waals surface area contributed by atoms with Crippen molar-refractivity contribution in [2.45, 2.75) is 71.8 Å². The van der Waals surface area contributed by atoms with E-state index in [1.165, 1.54) is 0 Å². The van der Waals surface area contributed by atoms with Crippen molar-refractivity contribution in [3.8, 4) is 11.8 Å². The number of hydrogen-bond acceptors (Lipinski definition) is 6. The highest BCUT2D eigenvalue weighted by Gasteiger charge is 2.35. The minimum absolute atomic E-state index is 0.0423. The number of benzene rings is 1. The number of amides is 2. The average molecular weight is 496 g/mol. The molecule has 0 unspecified atom stereocenters. The van der Waals surface area contributed by atoms with Crippen LogP contribution in [0.4, 0.5) is 4.79 Å². The van der Waals surface area contributed by atoms with Crippen LogP contribution in [0.2, 0.25) is 0 Å². The van der Waals surface area contributed by atoms with Crippen LogP contribution in [0.1, 0.15) is 64.3 Å². The quantitative estimate of drug-likeness (QED) is 0.506. The van der Waals surface area contributed by atoms with E-state index in [2.05, 4.69) is 34.4 Å². The van der Waals surface area contributed by atoms with Crippen LogP contribution in [0, 0.1) is 17.8 Å². The van der Waals surface area contributed by atoms with Gasteiger partial charge in [0.25, 0.3) is 0 Å². The minimum Gasteiger partial charge on any atom is -0.445 e. The topological polar surface area (TPSA) is 98.6 Å². The molecule has 2 amide bonds. The number of alkyl carbamates (subject to hydrolysis) is 1. The molecule has 1 fully saturated rings. The molecule has 4 atom stereocenters. The van der Waals surface area contributed by atoms with Gasteiger partial charge in [0.2, 0.25) is 5.91 Å². The smallest absolute Gasteiger partial charge is 0.408 e. The van der Waals surface area contributed by atoms with E-state index in [0.717, 1.165) is 37.9 Å². The van der Waals surface area contributed by atoms with Gasteiger partial charge in [-0.25, -0.2) is 9.48 Å². The van der Waals surface area contributed by atoms with E-state index in [1.807, 2.05) is 56.0 Å². The second-order valence-electron chi connectivity index (χ2n) is 9.06. The van der Waals surface area contributed by atoms with Gasteiger partial charge in [0.1, 0.15) is 6.61 Å². The molecule has 0 radical (unpaired) electrons. The molecular weight excluding hydrogens is 458 g/mol. The third-order valence-electron chi connectivity index (χ3n) is 6.48. The van der Waals surface area contributed by atoms with Crippen LogP contribution in [0.25, 0.3) is 0 Å². The number of hydrogen-bond donors (Lipinski definition) is 1. The second-order valence-corrected chi connectivity index (χ2v) is 9.06. The van der Waals surface area contributed by atoms with Crippen molar-refractivity contribution in [1.29, 1.82) is 0 Å². The van der Waals surface area contributed by atoms with Gasteiger partial charge in [-0.15, -0.1) is 5.10 Å². The van der Waals surface area contributed by atoms with Crippen molar-refractivity contribution in [2.75, 3.05) is 19.6 Å². The predicted molar refractivity (Wildman–Crippen MR) is 136 cm³/mol. The number of rotatable bonds is 10. The molecule has 9 heteroatoms. The molecule has 1 aromatic carbocycles. The third-order valence-corrected chi connectivity index (χ3v) is 6.48. The molecule has 36 heavy (non-hydrogen) atoms. The Bertz CT molecular complexity index is 1040. The standard InChI is InChI=1S/C27H37N5O4/c1-5-31(6-2)26(33)21(4)25-15-14-24(36-25)17-20(3)32-18-23(29-30-32)13-10-16-28-27(34)35-19-22-11-8-7-9-12-22/h7-9,11-12,18,20-21,24-25H,5-6,14-17,19H2,1-4H3,(H,28,34)/t20-,21-,24+,25-/m1/s1. The highest BCUT2D eigenvalue weighted by molar-refractivity contribution is 5.79. The lowest BCUT2D eigenvalue weighted by atomic mass is 9.99. The first-order valence-electron chi connectivity index (χ1n) is 12.7. The summed E-state index contributed by atoms with van der Waals surface area (Å²) in [4.78, 5) is 26.3. The third kappa shape index (κ3) is 7.82. The molecule has 1 N–H and O–H groups in total. The molecule has 9 nitrogen and oxygen atoms in total. The Kier molecular flexibility index (Phi) is 10.3. The highest BCUT2D eigenvalue weighted by atomic mass is 16.5. The van der Waals surface area contributed by atoms with Gasteiger partial charge >= 0.3 is 6.09 Å². The van der Waals surface area contributed by atoms with Crippen LogP contribution in [0.3, 0.4) is 0 Å². The summed E-state index contributed by atoms with van der Waals surface area (Å²) in [7, 11) is 0. The number of aromatic nitrogens is 3. The maximum atomic E-state index is 12.7. The Balaban J connectivity index is 1.40. The molecule has 0 bridgehead atoms. The van der Waals surface area contributed by atoms with Crippen molar-refractivity contribution in [2.24, 2.45) is 5.92 Å². The summed E-state index contributed by atoms with van der Waals surface area (Å²) >= 11 is 0. The number of ether oxygens (including phenoxy) is 2. The normalized spacial score (nSPS) is 18.6. The summed E-state index contributed by atoms with van der Waals surface area (Å²) in [6, 6.07) is 9.56. The molecule has 2 heterocycles. The number of carbonyl (C=O) groups excluding carboxylic acids is 2. The average Bonchev–Trinajstić information content (AvgIpc) is 3.56. The number of nitrogens with zero attached hydrogens (tertiary/aromatic N) is 4. The van der Waals surface area contributed by atoms with E-state index in [-0.39, 0.29) is 43.2 Å². The van der Waals surface area contributed by atoms with Gasteiger partial charge in [0.05, 0.1) is 36.9 Å².